The lowest BCUT2D eigenvalue weighted by molar-refractivity contribution is -0.203. The van der Waals surface area contributed by atoms with Crippen LogP contribution in [0.3, 0.4) is 0 Å². The molecule has 0 saturated heterocycles. The first-order chi connectivity index (χ1) is 16.9. The lowest BCUT2D eigenvalue weighted by Crippen LogP contribution is -2.62. The molecule has 4 N–H and O–H groups in total. The van der Waals surface area contributed by atoms with Crippen molar-refractivity contribution < 1.29 is 23.4 Å². The number of fused-ring (bicyclic) bond motifs is 5. The van der Waals surface area contributed by atoms with Crippen molar-refractivity contribution in [1.29, 1.82) is 0 Å². The number of carbonyl (C=O) groups excluding carboxylic acids is 1. The van der Waals surface area contributed by atoms with E-state index in [1.165, 1.54) is 0 Å². The van der Waals surface area contributed by atoms with Gasteiger partial charge >= 0.3 is 6.03 Å². The largest absolute Gasteiger partial charge is 0.393 e. The fourth-order valence-corrected chi connectivity index (χ4v) is 11.2. The minimum Gasteiger partial charge on any atom is -0.393 e. The van der Waals surface area contributed by atoms with Gasteiger partial charge in [0.05, 0.1) is 17.5 Å². The van der Waals surface area contributed by atoms with E-state index < -0.39 is 21.3 Å². The molecule has 0 aromatic rings. The lowest BCUT2D eigenvalue weighted by Gasteiger charge is -2.64. The molecule has 206 valence electrons. The summed E-state index contributed by atoms with van der Waals surface area (Å²) >= 11 is 0. The van der Waals surface area contributed by atoms with E-state index >= 15 is 0 Å². The molecule has 0 heterocycles. The molecule has 5 aliphatic rings. The molecular weight excluding hydrogens is 476 g/mol. The quantitative estimate of drug-likeness (QED) is 0.419. The molecule has 0 aromatic carbocycles. The van der Waals surface area contributed by atoms with Crippen molar-refractivity contribution in [3.8, 4) is 0 Å². The number of sulfonamides is 1. The minimum absolute atomic E-state index is 0.121. The first kappa shape index (κ1) is 26.7. The van der Waals surface area contributed by atoms with Crippen molar-refractivity contribution in [3.63, 3.8) is 0 Å². The number of hydrogen-bond acceptors (Lipinski definition) is 5. The van der Waals surface area contributed by atoms with Gasteiger partial charge in [-0.25, -0.2) is 17.9 Å². The van der Waals surface area contributed by atoms with Gasteiger partial charge in [-0.3, -0.25) is 0 Å². The van der Waals surface area contributed by atoms with Gasteiger partial charge in [0.15, 0.2) is 0 Å². The SMILES string of the molecule is CC[C@H]1[C@@H](O)[C@@H]2[C@H](CC[C@]3(C)[C@@H]([C@H](C)CNC(=O)NS(=O)(=O)C4CC4)CC[C@@H]23)[C@@]2(C)CC[C@@H](O)C[C@@H]12. The molecule has 5 saturated carbocycles. The van der Waals surface area contributed by atoms with E-state index in [2.05, 4.69) is 37.7 Å². The molecule has 0 spiro atoms. The number of hydrogen-bond donors (Lipinski definition) is 4. The predicted octanol–water partition coefficient (Wildman–Crippen LogP) is 4.04. The van der Waals surface area contributed by atoms with Crippen LogP contribution < -0.4 is 10.0 Å². The number of aliphatic hydroxyl groups is 2. The Morgan fingerprint density at radius 3 is 2.31 bits per heavy atom. The number of rotatable bonds is 6. The lowest BCUT2D eigenvalue weighted by atomic mass is 9.41. The highest BCUT2D eigenvalue weighted by Crippen LogP contribution is 2.69. The van der Waals surface area contributed by atoms with Crippen molar-refractivity contribution in [1.82, 2.24) is 10.0 Å². The van der Waals surface area contributed by atoms with Gasteiger partial charge in [-0.05, 0) is 110 Å². The smallest absolute Gasteiger partial charge is 0.328 e. The van der Waals surface area contributed by atoms with Crippen molar-refractivity contribution in [2.45, 2.75) is 109 Å². The second kappa shape index (κ2) is 9.41. The van der Waals surface area contributed by atoms with Gasteiger partial charge in [0, 0.05) is 6.54 Å². The van der Waals surface area contributed by atoms with Gasteiger partial charge in [0.1, 0.15) is 0 Å². The predicted molar refractivity (Wildman–Crippen MR) is 139 cm³/mol. The minimum atomic E-state index is -3.54. The maximum absolute atomic E-state index is 12.3. The number of urea groups is 1. The number of carbonyl (C=O) groups is 1. The topological polar surface area (TPSA) is 116 Å². The zero-order valence-corrected chi connectivity index (χ0v) is 23.4. The van der Waals surface area contributed by atoms with E-state index in [0.29, 0.717) is 49.0 Å². The van der Waals surface area contributed by atoms with Crippen LogP contribution in [0.4, 0.5) is 4.79 Å². The zero-order chi connectivity index (χ0) is 26.0. The Kier molecular flexibility index (Phi) is 6.98. The van der Waals surface area contributed by atoms with E-state index in [9.17, 15) is 23.4 Å². The fraction of sp³-hybridized carbons (Fsp3) is 0.964. The molecule has 8 heteroatoms. The van der Waals surface area contributed by atoms with Crippen LogP contribution in [0, 0.1) is 52.3 Å². The fourth-order valence-electron chi connectivity index (χ4n) is 9.96. The molecule has 2 amide bonds. The van der Waals surface area contributed by atoms with Crippen LogP contribution in [0.15, 0.2) is 0 Å². The molecule has 0 aromatic heterocycles. The van der Waals surface area contributed by atoms with Crippen LogP contribution in [0.2, 0.25) is 0 Å². The molecule has 0 bridgehead atoms. The van der Waals surface area contributed by atoms with Gasteiger partial charge in [-0.1, -0.05) is 34.1 Å². The number of amides is 2. The van der Waals surface area contributed by atoms with Gasteiger partial charge < -0.3 is 15.5 Å². The summed E-state index contributed by atoms with van der Waals surface area (Å²) in [7, 11) is -3.54. The van der Waals surface area contributed by atoms with Crippen molar-refractivity contribution in [3.05, 3.63) is 0 Å². The van der Waals surface area contributed by atoms with E-state index in [-0.39, 0.29) is 34.9 Å². The van der Waals surface area contributed by atoms with Crippen LogP contribution in [-0.2, 0) is 10.0 Å². The normalized spacial score (nSPS) is 47.3. The number of aliphatic hydroxyl groups excluding tert-OH is 2. The van der Waals surface area contributed by atoms with Crippen LogP contribution in [-0.4, -0.2) is 48.7 Å². The van der Waals surface area contributed by atoms with Crippen molar-refractivity contribution >= 4 is 16.1 Å². The molecule has 0 aliphatic heterocycles. The van der Waals surface area contributed by atoms with Crippen LogP contribution >= 0.6 is 0 Å². The molecule has 5 fully saturated rings. The summed E-state index contributed by atoms with van der Waals surface area (Å²) in [5.41, 5.74) is 0.316. The summed E-state index contributed by atoms with van der Waals surface area (Å²) in [6.45, 7) is 9.74. The Hall–Kier alpha value is -0.860. The molecule has 5 aliphatic carbocycles. The first-order valence-corrected chi connectivity index (χ1v) is 16.1. The summed E-state index contributed by atoms with van der Waals surface area (Å²) in [6.07, 6.45) is 8.96. The van der Waals surface area contributed by atoms with Crippen molar-refractivity contribution in [2.75, 3.05) is 6.54 Å². The van der Waals surface area contributed by atoms with Crippen LogP contribution in [0.5, 0.6) is 0 Å². The highest BCUT2D eigenvalue weighted by molar-refractivity contribution is 7.90. The Balaban J connectivity index is 1.29. The third-order valence-electron chi connectivity index (χ3n) is 11.9. The average Bonchev–Trinajstić information content (AvgIpc) is 3.62. The standard InChI is InChI=1S/C28H48N2O5S/c1-5-19-23-14-17(31)10-12-28(23,4)22-11-13-27(3)20(8-9-21(27)24(22)25(19)32)16(2)15-29-26(33)30-36(34,35)18-6-7-18/h16-25,31-32H,5-15H2,1-4H3,(H2,29,30,33)/t16-,17-,19-,20-,21+,22+,23+,24+,25-,27-,28-/m1/s1. The second-order valence-electron chi connectivity index (χ2n) is 13.7. The maximum Gasteiger partial charge on any atom is 0.328 e. The van der Waals surface area contributed by atoms with Gasteiger partial charge in [0.2, 0.25) is 10.0 Å². The monoisotopic (exact) mass is 524 g/mol. The summed E-state index contributed by atoms with van der Waals surface area (Å²) in [5.74, 6) is 2.62. The summed E-state index contributed by atoms with van der Waals surface area (Å²) in [4.78, 5) is 12.3. The summed E-state index contributed by atoms with van der Waals surface area (Å²) in [5, 5.41) is 24.7. The third-order valence-corrected chi connectivity index (χ3v) is 13.8. The highest BCUT2D eigenvalue weighted by atomic mass is 32.2. The number of nitrogens with one attached hydrogen (secondary N) is 2. The van der Waals surface area contributed by atoms with E-state index in [1.807, 2.05) is 0 Å². The molecule has 0 unspecified atom stereocenters. The second-order valence-corrected chi connectivity index (χ2v) is 15.6. The van der Waals surface area contributed by atoms with E-state index in [1.54, 1.807) is 0 Å². The average molecular weight is 525 g/mol. The van der Waals surface area contributed by atoms with Crippen molar-refractivity contribution in [2.24, 2.45) is 52.3 Å². The van der Waals surface area contributed by atoms with E-state index in [4.69, 9.17) is 0 Å². The molecule has 7 nitrogen and oxygen atoms in total. The zero-order valence-electron chi connectivity index (χ0n) is 22.6. The van der Waals surface area contributed by atoms with Crippen LogP contribution in [0.1, 0.15) is 91.9 Å². The summed E-state index contributed by atoms with van der Waals surface area (Å²) < 4.78 is 26.4. The Morgan fingerprint density at radius 1 is 0.972 bits per heavy atom. The molecule has 0 radical (unpaired) electrons. The highest BCUT2D eigenvalue weighted by Gasteiger charge is 2.64. The molecule has 5 rings (SSSR count). The van der Waals surface area contributed by atoms with Gasteiger partial charge in [0.25, 0.3) is 0 Å². The molecular formula is C28H48N2O5S. The van der Waals surface area contributed by atoms with Gasteiger partial charge in [-0.15, -0.1) is 0 Å². The summed E-state index contributed by atoms with van der Waals surface area (Å²) in [6, 6.07) is -0.607. The molecule has 36 heavy (non-hydrogen) atoms. The molecule has 11 atom stereocenters. The van der Waals surface area contributed by atoms with Gasteiger partial charge in [-0.2, -0.15) is 0 Å². The Bertz CT molecular complexity index is 954. The Morgan fingerprint density at radius 2 is 1.64 bits per heavy atom. The first-order valence-electron chi connectivity index (χ1n) is 14.6. The maximum atomic E-state index is 12.3. The van der Waals surface area contributed by atoms with Crippen LogP contribution in [0.25, 0.3) is 0 Å². The van der Waals surface area contributed by atoms with E-state index in [0.717, 1.165) is 51.4 Å². The Labute approximate surface area is 217 Å². The third kappa shape index (κ3) is 4.31.